The fourth-order valence-corrected chi connectivity index (χ4v) is 1.87. The van der Waals surface area contributed by atoms with Crippen LogP contribution in [0.2, 0.25) is 0 Å². The third kappa shape index (κ3) is 0.926. The molecular weight excluding hydrogens is 124 g/mol. The predicted octanol–water partition coefficient (Wildman–Crippen LogP) is 1.26. The normalized spacial score (nSPS) is 31.9. The molecule has 1 saturated carbocycles. The van der Waals surface area contributed by atoms with E-state index in [1.54, 1.807) is 5.57 Å². The summed E-state index contributed by atoms with van der Waals surface area (Å²) in [5, 5.41) is 2.09. The Morgan fingerprint density at radius 3 is 3.30 bits per heavy atom. The van der Waals surface area contributed by atoms with E-state index in [0.29, 0.717) is 6.04 Å². The maximum Gasteiger partial charge on any atom is 0.0489 e. The van der Waals surface area contributed by atoms with Crippen LogP contribution in [-0.4, -0.2) is 18.1 Å². The molecule has 0 radical (unpaired) electrons. The van der Waals surface area contributed by atoms with Crippen LogP contribution in [0.15, 0.2) is 11.8 Å². The fourth-order valence-electron chi connectivity index (χ4n) is 1.87. The zero-order valence-electron chi connectivity index (χ0n) is 6.43. The summed E-state index contributed by atoms with van der Waals surface area (Å²) < 4.78 is 0. The van der Waals surface area contributed by atoms with Crippen molar-refractivity contribution in [2.45, 2.75) is 31.7 Å². The van der Waals surface area contributed by atoms with Gasteiger partial charge < -0.3 is 5.01 Å². The van der Waals surface area contributed by atoms with Crippen LogP contribution in [0.4, 0.5) is 0 Å². The van der Waals surface area contributed by atoms with Crippen molar-refractivity contribution in [3.63, 3.8) is 0 Å². The second kappa shape index (κ2) is 2.27. The molecule has 2 rings (SSSR count). The molecule has 1 aliphatic carbocycles. The predicted molar refractivity (Wildman–Crippen MR) is 41.2 cm³/mol. The van der Waals surface area contributed by atoms with Gasteiger partial charge in [0.2, 0.25) is 0 Å². The average molecular weight is 138 g/mol. The molecule has 2 aliphatic rings. The lowest BCUT2D eigenvalue weighted by atomic mass is 9.92. The van der Waals surface area contributed by atoms with Crippen molar-refractivity contribution in [1.29, 1.82) is 0 Å². The van der Waals surface area contributed by atoms with Crippen molar-refractivity contribution >= 4 is 0 Å². The van der Waals surface area contributed by atoms with Crippen LogP contribution in [0, 0.1) is 0 Å². The molecule has 0 aromatic heterocycles. The summed E-state index contributed by atoms with van der Waals surface area (Å²) in [4.78, 5) is 0. The van der Waals surface area contributed by atoms with Gasteiger partial charge in [-0.25, -0.2) is 5.43 Å². The summed E-state index contributed by atoms with van der Waals surface area (Å²) in [5.74, 6) is 0. The maximum atomic E-state index is 3.40. The molecule has 0 aromatic rings. The molecule has 0 bridgehead atoms. The Morgan fingerprint density at radius 1 is 1.60 bits per heavy atom. The van der Waals surface area contributed by atoms with Crippen molar-refractivity contribution in [3.05, 3.63) is 11.8 Å². The molecule has 2 nitrogen and oxygen atoms in total. The van der Waals surface area contributed by atoms with E-state index in [2.05, 4.69) is 23.7 Å². The number of hydrazine groups is 1. The van der Waals surface area contributed by atoms with E-state index in [9.17, 15) is 0 Å². The summed E-state index contributed by atoms with van der Waals surface area (Å²) in [6, 6.07) is 0.679. The SMILES string of the molecule is CN1C=C2CCCCC2N1. The van der Waals surface area contributed by atoms with E-state index in [1.807, 2.05) is 0 Å². The third-order valence-electron chi connectivity index (χ3n) is 2.37. The molecule has 0 spiro atoms. The first-order valence-electron chi connectivity index (χ1n) is 4.06. The van der Waals surface area contributed by atoms with Gasteiger partial charge in [-0.3, -0.25) is 0 Å². The van der Waals surface area contributed by atoms with Gasteiger partial charge in [0.15, 0.2) is 0 Å². The minimum Gasteiger partial charge on any atom is -0.318 e. The van der Waals surface area contributed by atoms with E-state index < -0.39 is 0 Å². The molecule has 1 fully saturated rings. The van der Waals surface area contributed by atoms with Gasteiger partial charge in [0.1, 0.15) is 0 Å². The van der Waals surface area contributed by atoms with Crippen molar-refractivity contribution in [2.24, 2.45) is 0 Å². The molecule has 1 heterocycles. The molecule has 0 saturated heterocycles. The molecule has 56 valence electrons. The standard InChI is InChI=1S/C8H14N2/c1-10-6-7-4-2-3-5-8(7)9-10/h6,8-9H,2-5H2,1H3. The van der Waals surface area contributed by atoms with Gasteiger partial charge >= 0.3 is 0 Å². The lowest BCUT2D eigenvalue weighted by molar-refractivity contribution is 0.309. The van der Waals surface area contributed by atoms with Gasteiger partial charge in [-0.15, -0.1) is 0 Å². The Kier molecular flexibility index (Phi) is 1.42. The largest absolute Gasteiger partial charge is 0.318 e. The number of hydrogen-bond acceptors (Lipinski definition) is 2. The van der Waals surface area contributed by atoms with Crippen LogP contribution in [-0.2, 0) is 0 Å². The Labute approximate surface area is 61.9 Å². The molecule has 1 atom stereocenters. The van der Waals surface area contributed by atoms with Gasteiger partial charge in [0.05, 0.1) is 0 Å². The van der Waals surface area contributed by atoms with Crippen molar-refractivity contribution in [2.75, 3.05) is 7.05 Å². The van der Waals surface area contributed by atoms with Crippen LogP contribution >= 0.6 is 0 Å². The monoisotopic (exact) mass is 138 g/mol. The summed E-state index contributed by atoms with van der Waals surface area (Å²) in [7, 11) is 2.07. The molecule has 2 heteroatoms. The number of fused-ring (bicyclic) bond motifs is 1. The Bertz CT molecular complexity index is 163. The van der Waals surface area contributed by atoms with Gasteiger partial charge in [-0.05, 0) is 24.8 Å². The summed E-state index contributed by atoms with van der Waals surface area (Å²) in [6.45, 7) is 0. The lowest BCUT2D eigenvalue weighted by Crippen LogP contribution is -2.34. The quantitative estimate of drug-likeness (QED) is 0.542. The van der Waals surface area contributed by atoms with Gasteiger partial charge in [-0.1, -0.05) is 6.42 Å². The number of rotatable bonds is 0. The lowest BCUT2D eigenvalue weighted by Gasteiger charge is -2.20. The first-order valence-corrected chi connectivity index (χ1v) is 4.06. The zero-order valence-corrected chi connectivity index (χ0v) is 6.43. The number of nitrogens with zero attached hydrogens (tertiary/aromatic N) is 1. The maximum absolute atomic E-state index is 3.40. The Morgan fingerprint density at radius 2 is 2.50 bits per heavy atom. The highest BCUT2D eigenvalue weighted by Gasteiger charge is 2.23. The smallest absolute Gasteiger partial charge is 0.0489 e. The van der Waals surface area contributed by atoms with E-state index in [0.717, 1.165) is 0 Å². The molecule has 10 heavy (non-hydrogen) atoms. The Balaban J connectivity index is 2.10. The van der Waals surface area contributed by atoms with E-state index in [4.69, 9.17) is 0 Å². The second-order valence-corrected chi connectivity index (χ2v) is 3.24. The van der Waals surface area contributed by atoms with Gasteiger partial charge in [0.25, 0.3) is 0 Å². The number of hydrogen-bond donors (Lipinski definition) is 1. The summed E-state index contributed by atoms with van der Waals surface area (Å²) in [6.07, 6.45) is 7.66. The van der Waals surface area contributed by atoms with Crippen LogP contribution in [0.5, 0.6) is 0 Å². The zero-order chi connectivity index (χ0) is 6.97. The fraction of sp³-hybridized carbons (Fsp3) is 0.750. The first kappa shape index (κ1) is 6.23. The highest BCUT2D eigenvalue weighted by molar-refractivity contribution is 5.16. The molecule has 1 aliphatic heterocycles. The molecule has 1 unspecified atom stereocenters. The van der Waals surface area contributed by atoms with Crippen LogP contribution in [0.1, 0.15) is 25.7 Å². The third-order valence-corrected chi connectivity index (χ3v) is 2.37. The van der Waals surface area contributed by atoms with Crippen molar-refractivity contribution < 1.29 is 0 Å². The average Bonchev–Trinajstić information content (AvgIpc) is 2.27. The van der Waals surface area contributed by atoms with Crippen molar-refractivity contribution in [1.82, 2.24) is 10.4 Å². The van der Waals surface area contributed by atoms with Gasteiger partial charge in [-0.2, -0.15) is 0 Å². The highest BCUT2D eigenvalue weighted by atomic mass is 15.5. The summed E-state index contributed by atoms with van der Waals surface area (Å²) >= 11 is 0. The van der Waals surface area contributed by atoms with Crippen molar-refractivity contribution in [3.8, 4) is 0 Å². The second-order valence-electron chi connectivity index (χ2n) is 3.24. The topological polar surface area (TPSA) is 15.3 Å². The number of nitrogens with one attached hydrogen (secondary N) is 1. The Hall–Kier alpha value is -0.500. The van der Waals surface area contributed by atoms with Crippen LogP contribution in [0.3, 0.4) is 0 Å². The molecule has 1 N–H and O–H groups in total. The van der Waals surface area contributed by atoms with E-state index >= 15 is 0 Å². The molecule has 0 amide bonds. The van der Waals surface area contributed by atoms with Crippen LogP contribution < -0.4 is 5.43 Å². The van der Waals surface area contributed by atoms with E-state index in [-0.39, 0.29) is 0 Å². The van der Waals surface area contributed by atoms with Gasteiger partial charge in [0, 0.05) is 19.3 Å². The molecular formula is C8H14N2. The highest BCUT2D eigenvalue weighted by Crippen LogP contribution is 2.26. The minimum atomic E-state index is 0.679. The van der Waals surface area contributed by atoms with Crippen LogP contribution in [0.25, 0.3) is 0 Å². The van der Waals surface area contributed by atoms with E-state index in [1.165, 1.54) is 25.7 Å². The molecule has 0 aromatic carbocycles. The first-order chi connectivity index (χ1) is 4.86. The summed E-state index contributed by atoms with van der Waals surface area (Å²) in [5.41, 5.74) is 5.00. The minimum absolute atomic E-state index is 0.679.